The molecule has 0 unspecified atom stereocenters. The molecule has 0 radical (unpaired) electrons. The predicted molar refractivity (Wildman–Crippen MR) is 84.5 cm³/mol. The zero-order valence-electron chi connectivity index (χ0n) is 13.4. The van der Waals surface area contributed by atoms with Crippen LogP contribution in [0.1, 0.15) is 47.5 Å². The molecule has 0 spiro atoms. The summed E-state index contributed by atoms with van der Waals surface area (Å²) >= 11 is 0. The summed E-state index contributed by atoms with van der Waals surface area (Å²) in [6, 6.07) is 1.43. The summed E-state index contributed by atoms with van der Waals surface area (Å²) in [5, 5.41) is 16.0. The Morgan fingerprint density at radius 1 is 1.33 bits per heavy atom. The number of primary amides is 1. The Hall–Kier alpha value is -2.97. The number of amides is 2. The lowest BCUT2D eigenvalue weighted by Gasteiger charge is -2.26. The molecule has 2 aromatic heterocycles. The van der Waals surface area contributed by atoms with Gasteiger partial charge in [-0.3, -0.25) is 14.4 Å². The molecular formula is C15H19N5O4. The van der Waals surface area contributed by atoms with Crippen LogP contribution in [0.4, 0.5) is 0 Å². The lowest BCUT2D eigenvalue weighted by molar-refractivity contribution is -0.149. The summed E-state index contributed by atoms with van der Waals surface area (Å²) in [6.07, 6.45) is 3.38. The number of nitrogens with zero attached hydrogens (tertiary/aromatic N) is 3. The van der Waals surface area contributed by atoms with Gasteiger partial charge in [-0.2, -0.15) is 5.10 Å². The maximum absolute atomic E-state index is 12.4. The number of fused-ring (bicyclic) bond motifs is 1. The highest BCUT2D eigenvalue weighted by Gasteiger charge is 2.35. The summed E-state index contributed by atoms with van der Waals surface area (Å²) in [6.45, 7) is 3.52. The highest BCUT2D eigenvalue weighted by atomic mass is 16.4. The number of hydrogen-bond acceptors (Lipinski definition) is 5. The van der Waals surface area contributed by atoms with Gasteiger partial charge in [0, 0.05) is 12.7 Å². The Bertz CT molecular complexity index is 794. The number of rotatable bonds is 7. The molecule has 0 saturated carbocycles. The van der Waals surface area contributed by atoms with E-state index in [-0.39, 0.29) is 23.4 Å². The van der Waals surface area contributed by atoms with Gasteiger partial charge in [-0.15, -0.1) is 0 Å². The van der Waals surface area contributed by atoms with Gasteiger partial charge in [-0.25, -0.2) is 9.50 Å². The van der Waals surface area contributed by atoms with Crippen molar-refractivity contribution in [3.8, 4) is 0 Å². The minimum atomic E-state index is -1.02. The first-order valence-corrected chi connectivity index (χ1v) is 7.50. The van der Waals surface area contributed by atoms with Gasteiger partial charge >= 0.3 is 5.97 Å². The second kappa shape index (κ2) is 6.65. The highest BCUT2D eigenvalue weighted by molar-refractivity contribution is 5.99. The Morgan fingerprint density at radius 2 is 2.00 bits per heavy atom. The number of aliphatic carboxylic acids is 1. The van der Waals surface area contributed by atoms with Crippen molar-refractivity contribution in [1.82, 2.24) is 19.9 Å². The van der Waals surface area contributed by atoms with Crippen LogP contribution in [0, 0.1) is 5.41 Å². The normalized spacial score (nSPS) is 11.4. The van der Waals surface area contributed by atoms with Crippen LogP contribution in [0.15, 0.2) is 18.5 Å². The van der Waals surface area contributed by atoms with Crippen LogP contribution in [0.25, 0.3) is 5.65 Å². The van der Waals surface area contributed by atoms with E-state index in [0.717, 1.165) is 0 Å². The smallest absolute Gasteiger partial charge is 0.311 e. The van der Waals surface area contributed by atoms with Crippen molar-refractivity contribution in [2.24, 2.45) is 11.1 Å². The number of nitrogens with two attached hydrogens (primary N) is 1. The van der Waals surface area contributed by atoms with E-state index in [1.807, 2.05) is 0 Å². The molecule has 0 aliphatic carbocycles. The minimum Gasteiger partial charge on any atom is -0.481 e. The standard InChI is InChI=1S/C15H19N5O4/c1-3-15(4-2,14(23)24)8-18-13(22)10-5-6-17-12-9(11(16)21)7-19-20(10)12/h5-7H,3-4,8H2,1-2H3,(H2,16,21)(H,18,22)(H,23,24). The fourth-order valence-electron chi connectivity index (χ4n) is 2.46. The van der Waals surface area contributed by atoms with Crippen LogP contribution < -0.4 is 11.1 Å². The zero-order valence-corrected chi connectivity index (χ0v) is 13.4. The van der Waals surface area contributed by atoms with Gasteiger partial charge in [0.05, 0.1) is 11.6 Å². The minimum absolute atomic E-state index is 0.0120. The molecule has 128 valence electrons. The van der Waals surface area contributed by atoms with E-state index in [2.05, 4.69) is 15.4 Å². The molecule has 0 bridgehead atoms. The molecule has 9 heteroatoms. The molecular weight excluding hydrogens is 314 g/mol. The third-order valence-electron chi connectivity index (χ3n) is 4.29. The molecule has 0 aliphatic heterocycles. The summed E-state index contributed by atoms with van der Waals surface area (Å²) in [7, 11) is 0. The van der Waals surface area contributed by atoms with Crippen molar-refractivity contribution in [2.75, 3.05) is 6.54 Å². The van der Waals surface area contributed by atoms with Crippen molar-refractivity contribution in [3.63, 3.8) is 0 Å². The van der Waals surface area contributed by atoms with Gasteiger partial charge in [0.2, 0.25) is 0 Å². The van der Waals surface area contributed by atoms with Crippen molar-refractivity contribution in [3.05, 3.63) is 29.7 Å². The van der Waals surface area contributed by atoms with E-state index in [4.69, 9.17) is 5.73 Å². The van der Waals surface area contributed by atoms with Crippen LogP contribution in [0.2, 0.25) is 0 Å². The number of nitrogens with one attached hydrogen (secondary N) is 1. The largest absolute Gasteiger partial charge is 0.481 e. The molecule has 0 aromatic carbocycles. The molecule has 2 aromatic rings. The maximum Gasteiger partial charge on any atom is 0.311 e. The number of aromatic nitrogens is 3. The number of carbonyl (C=O) groups excluding carboxylic acids is 2. The van der Waals surface area contributed by atoms with Crippen LogP contribution in [0.5, 0.6) is 0 Å². The average molecular weight is 333 g/mol. The van der Waals surface area contributed by atoms with Crippen LogP contribution in [0.3, 0.4) is 0 Å². The topological polar surface area (TPSA) is 140 Å². The molecule has 4 N–H and O–H groups in total. The second-order valence-corrected chi connectivity index (χ2v) is 5.46. The molecule has 2 heterocycles. The zero-order chi connectivity index (χ0) is 17.9. The molecule has 0 aliphatic rings. The van der Waals surface area contributed by atoms with Gasteiger partial charge < -0.3 is 16.2 Å². The van der Waals surface area contributed by atoms with E-state index < -0.39 is 23.2 Å². The van der Waals surface area contributed by atoms with Gasteiger partial charge in [0.25, 0.3) is 11.8 Å². The first-order chi connectivity index (χ1) is 11.4. The monoisotopic (exact) mass is 333 g/mol. The third kappa shape index (κ3) is 2.92. The van der Waals surface area contributed by atoms with E-state index in [1.165, 1.54) is 23.0 Å². The van der Waals surface area contributed by atoms with Gasteiger partial charge in [-0.1, -0.05) is 13.8 Å². The Labute approximate surface area is 137 Å². The number of carbonyl (C=O) groups is 3. The Kier molecular flexibility index (Phi) is 4.82. The number of carboxylic acids is 1. The van der Waals surface area contributed by atoms with Gasteiger partial charge in [0.15, 0.2) is 5.65 Å². The van der Waals surface area contributed by atoms with Crippen molar-refractivity contribution in [1.29, 1.82) is 0 Å². The van der Waals surface area contributed by atoms with E-state index in [9.17, 15) is 19.5 Å². The molecule has 2 amide bonds. The summed E-state index contributed by atoms with van der Waals surface area (Å²) in [5.41, 5.74) is 4.63. The van der Waals surface area contributed by atoms with Crippen LogP contribution in [-0.4, -0.2) is 44.0 Å². The number of carboxylic acid groups (broad SMARTS) is 1. The number of hydrogen-bond donors (Lipinski definition) is 3. The summed E-state index contributed by atoms with van der Waals surface area (Å²) < 4.78 is 1.20. The predicted octanol–water partition coefficient (Wildman–Crippen LogP) is 0.449. The molecule has 2 rings (SSSR count). The third-order valence-corrected chi connectivity index (χ3v) is 4.29. The van der Waals surface area contributed by atoms with Crippen molar-refractivity contribution in [2.45, 2.75) is 26.7 Å². The summed E-state index contributed by atoms with van der Waals surface area (Å²) in [4.78, 5) is 39.3. The lowest BCUT2D eigenvalue weighted by Crippen LogP contribution is -2.42. The lowest BCUT2D eigenvalue weighted by atomic mass is 9.82. The van der Waals surface area contributed by atoms with Gasteiger partial charge in [0.1, 0.15) is 11.3 Å². The molecule has 0 saturated heterocycles. The molecule has 0 atom stereocenters. The average Bonchev–Trinajstić information content (AvgIpc) is 2.99. The fourth-order valence-corrected chi connectivity index (χ4v) is 2.46. The first kappa shape index (κ1) is 17.4. The van der Waals surface area contributed by atoms with Crippen molar-refractivity contribution < 1.29 is 19.5 Å². The summed E-state index contributed by atoms with van der Waals surface area (Å²) in [5.74, 6) is -2.16. The first-order valence-electron chi connectivity index (χ1n) is 7.50. The van der Waals surface area contributed by atoms with E-state index in [0.29, 0.717) is 12.8 Å². The van der Waals surface area contributed by atoms with E-state index >= 15 is 0 Å². The quantitative estimate of drug-likeness (QED) is 0.672. The van der Waals surface area contributed by atoms with Crippen molar-refractivity contribution >= 4 is 23.4 Å². The molecule has 24 heavy (non-hydrogen) atoms. The SMILES string of the molecule is CCC(CC)(CNC(=O)c1ccnc2c(C(N)=O)cnn12)C(=O)O. The Balaban J connectivity index is 2.29. The van der Waals surface area contributed by atoms with Gasteiger partial charge in [-0.05, 0) is 18.9 Å². The maximum atomic E-state index is 12.4. The van der Waals surface area contributed by atoms with E-state index in [1.54, 1.807) is 13.8 Å². The molecule has 9 nitrogen and oxygen atoms in total. The fraction of sp³-hybridized carbons (Fsp3) is 0.400. The Morgan fingerprint density at radius 3 is 2.54 bits per heavy atom. The van der Waals surface area contributed by atoms with Crippen LogP contribution in [-0.2, 0) is 4.79 Å². The highest BCUT2D eigenvalue weighted by Crippen LogP contribution is 2.25. The molecule has 0 fully saturated rings. The second-order valence-electron chi connectivity index (χ2n) is 5.46. The van der Waals surface area contributed by atoms with Crippen LogP contribution >= 0.6 is 0 Å².